The third-order valence-electron chi connectivity index (χ3n) is 1.14. The molecule has 1 aromatic heterocycles. The quantitative estimate of drug-likeness (QED) is 0.274. The average molecular weight is 186 g/mol. The van der Waals surface area contributed by atoms with Crippen LogP contribution in [0.5, 0.6) is 0 Å². The van der Waals surface area contributed by atoms with Gasteiger partial charge in [0.25, 0.3) is 0 Å². The molecule has 6 nitrogen and oxygen atoms in total. The lowest BCUT2D eigenvalue weighted by atomic mass is 10.6. The van der Waals surface area contributed by atoms with E-state index in [2.05, 4.69) is 15.3 Å². The van der Waals surface area contributed by atoms with Crippen molar-refractivity contribution in [2.45, 2.75) is 5.75 Å². The molecule has 0 aliphatic carbocycles. The van der Waals surface area contributed by atoms with Gasteiger partial charge in [0.1, 0.15) is 0 Å². The van der Waals surface area contributed by atoms with Crippen LogP contribution in [-0.2, 0) is 12.8 Å². The first kappa shape index (κ1) is 8.85. The van der Waals surface area contributed by atoms with Crippen molar-refractivity contribution in [3.8, 4) is 0 Å². The van der Waals surface area contributed by atoms with Crippen molar-refractivity contribution in [3.63, 3.8) is 0 Å². The molecule has 0 bridgehead atoms. The number of nitrogens with two attached hydrogens (primary N) is 2. The highest BCUT2D eigenvalue weighted by molar-refractivity contribution is 8.13. The fourth-order valence-corrected chi connectivity index (χ4v) is 1.14. The second-order valence-corrected chi connectivity index (χ2v) is 3.08. The first-order valence-corrected chi connectivity index (χ1v) is 4.22. The van der Waals surface area contributed by atoms with Crippen LogP contribution in [0.15, 0.2) is 11.3 Å². The van der Waals surface area contributed by atoms with E-state index in [1.807, 2.05) is 0 Å². The van der Waals surface area contributed by atoms with Crippen molar-refractivity contribution >= 4 is 16.9 Å². The summed E-state index contributed by atoms with van der Waals surface area (Å²) >= 11 is 1.33. The fourth-order valence-electron chi connectivity index (χ4n) is 0.639. The van der Waals surface area contributed by atoms with Gasteiger partial charge in [-0.25, -0.2) is 0 Å². The van der Waals surface area contributed by atoms with Gasteiger partial charge in [0.15, 0.2) is 5.17 Å². The Labute approximate surface area is 74.0 Å². The summed E-state index contributed by atoms with van der Waals surface area (Å²) in [6, 6.07) is 0. The molecule has 0 radical (unpaired) electrons. The number of aryl methyl sites for hydroxylation is 1. The number of hydrogen-bond donors (Lipinski definition) is 2. The van der Waals surface area contributed by atoms with E-state index >= 15 is 0 Å². The maximum atomic E-state index is 5.36. The Morgan fingerprint density at radius 2 is 2.58 bits per heavy atom. The number of hydrazone groups is 1. The van der Waals surface area contributed by atoms with Crippen LogP contribution < -0.4 is 11.6 Å². The molecule has 0 atom stereocenters. The van der Waals surface area contributed by atoms with E-state index in [1.165, 1.54) is 16.6 Å². The molecule has 0 aliphatic rings. The molecule has 66 valence electrons. The number of aromatic nitrogens is 3. The normalized spacial score (nSPS) is 11.9. The van der Waals surface area contributed by atoms with Crippen LogP contribution in [0, 0.1) is 0 Å². The van der Waals surface area contributed by atoms with Gasteiger partial charge in [-0.3, -0.25) is 0 Å². The highest BCUT2D eigenvalue weighted by Gasteiger charge is 1.99. The van der Waals surface area contributed by atoms with Crippen LogP contribution in [0.25, 0.3) is 0 Å². The van der Waals surface area contributed by atoms with E-state index < -0.39 is 0 Å². The second kappa shape index (κ2) is 3.96. The standard InChI is InChI=1S/C5H10N6S/c1-11-8-2-4(10-11)3-12-5(6)9-7/h2H,3,7H2,1H3,(H2,6,9). The van der Waals surface area contributed by atoms with E-state index in [4.69, 9.17) is 11.6 Å². The van der Waals surface area contributed by atoms with Crippen molar-refractivity contribution < 1.29 is 0 Å². The Morgan fingerprint density at radius 1 is 1.83 bits per heavy atom. The van der Waals surface area contributed by atoms with Crippen molar-refractivity contribution in [2.24, 2.45) is 23.7 Å². The zero-order valence-corrected chi connectivity index (χ0v) is 7.45. The molecule has 7 heteroatoms. The Balaban J connectivity index is 2.43. The summed E-state index contributed by atoms with van der Waals surface area (Å²) < 4.78 is 0. The minimum atomic E-state index is 0.348. The first-order valence-electron chi connectivity index (χ1n) is 3.23. The molecular weight excluding hydrogens is 176 g/mol. The predicted molar refractivity (Wildman–Crippen MR) is 48.1 cm³/mol. The Kier molecular flexibility index (Phi) is 2.92. The second-order valence-electron chi connectivity index (χ2n) is 2.08. The zero-order chi connectivity index (χ0) is 8.97. The highest BCUT2D eigenvalue weighted by atomic mass is 32.2. The summed E-state index contributed by atoms with van der Waals surface area (Å²) in [6.07, 6.45) is 1.68. The molecule has 0 spiro atoms. The Morgan fingerprint density at radius 3 is 3.08 bits per heavy atom. The third kappa shape index (κ3) is 2.42. The predicted octanol–water partition coefficient (Wildman–Crippen LogP) is -0.763. The summed E-state index contributed by atoms with van der Waals surface area (Å²) in [5.41, 5.74) is 6.22. The smallest absolute Gasteiger partial charge is 0.177 e. The molecule has 0 aromatic carbocycles. The summed E-state index contributed by atoms with van der Waals surface area (Å²) in [6.45, 7) is 0. The van der Waals surface area contributed by atoms with Crippen molar-refractivity contribution in [2.75, 3.05) is 0 Å². The van der Waals surface area contributed by atoms with E-state index in [-0.39, 0.29) is 0 Å². The lowest BCUT2D eigenvalue weighted by Gasteiger charge is -1.93. The van der Waals surface area contributed by atoms with Gasteiger partial charge < -0.3 is 11.6 Å². The van der Waals surface area contributed by atoms with Gasteiger partial charge in [0.2, 0.25) is 0 Å². The fraction of sp³-hybridized carbons (Fsp3) is 0.400. The van der Waals surface area contributed by atoms with E-state index in [9.17, 15) is 0 Å². The number of thioether (sulfide) groups is 1. The van der Waals surface area contributed by atoms with Gasteiger partial charge in [-0.1, -0.05) is 11.8 Å². The monoisotopic (exact) mass is 186 g/mol. The van der Waals surface area contributed by atoms with Crippen LogP contribution in [0.2, 0.25) is 0 Å². The SMILES string of the molecule is Cn1ncc(CS/C(N)=N/N)n1. The Bertz CT molecular complexity index is 279. The average Bonchev–Trinajstić information content (AvgIpc) is 2.47. The molecule has 0 unspecified atom stereocenters. The highest BCUT2D eigenvalue weighted by Crippen LogP contribution is 2.07. The van der Waals surface area contributed by atoms with Crippen LogP contribution in [-0.4, -0.2) is 20.2 Å². The summed E-state index contributed by atoms with van der Waals surface area (Å²) in [7, 11) is 1.76. The first-order chi connectivity index (χ1) is 5.72. The maximum Gasteiger partial charge on any atom is 0.177 e. The molecule has 1 aromatic rings. The van der Waals surface area contributed by atoms with Gasteiger partial charge in [0, 0.05) is 12.8 Å². The minimum absolute atomic E-state index is 0.348. The van der Waals surface area contributed by atoms with Crippen molar-refractivity contribution in [3.05, 3.63) is 11.9 Å². The lowest BCUT2D eigenvalue weighted by molar-refractivity contribution is 0.649. The molecule has 0 aliphatic heterocycles. The molecule has 1 heterocycles. The molecule has 4 N–H and O–H groups in total. The molecule has 0 amide bonds. The summed E-state index contributed by atoms with van der Waals surface area (Å²) in [5, 5.41) is 11.6. The molecule has 0 saturated heterocycles. The van der Waals surface area contributed by atoms with Crippen LogP contribution in [0.3, 0.4) is 0 Å². The van der Waals surface area contributed by atoms with Crippen LogP contribution in [0.1, 0.15) is 5.69 Å². The van der Waals surface area contributed by atoms with Crippen LogP contribution >= 0.6 is 11.8 Å². The molecule has 0 saturated carbocycles. The molecule has 12 heavy (non-hydrogen) atoms. The van der Waals surface area contributed by atoms with E-state index in [0.717, 1.165) is 5.69 Å². The molecule has 1 rings (SSSR count). The molecule has 0 fully saturated rings. The number of nitrogens with zero attached hydrogens (tertiary/aromatic N) is 4. The van der Waals surface area contributed by atoms with Gasteiger partial charge in [-0.05, 0) is 0 Å². The van der Waals surface area contributed by atoms with Crippen LogP contribution in [0.4, 0.5) is 0 Å². The number of amidine groups is 1. The van der Waals surface area contributed by atoms with Gasteiger partial charge in [0.05, 0.1) is 11.9 Å². The minimum Gasteiger partial charge on any atom is -0.377 e. The topological polar surface area (TPSA) is 95.1 Å². The maximum absolute atomic E-state index is 5.36. The summed E-state index contributed by atoms with van der Waals surface area (Å²) in [5.74, 6) is 5.58. The van der Waals surface area contributed by atoms with Gasteiger partial charge in [-0.15, -0.1) is 0 Å². The number of hydrogen-bond acceptors (Lipinski definition) is 5. The zero-order valence-electron chi connectivity index (χ0n) is 6.64. The van der Waals surface area contributed by atoms with Crippen molar-refractivity contribution in [1.82, 2.24) is 15.0 Å². The third-order valence-corrected chi connectivity index (χ3v) is 1.98. The molecular formula is C5H10N6S. The summed E-state index contributed by atoms with van der Waals surface area (Å²) in [4.78, 5) is 1.49. The van der Waals surface area contributed by atoms with E-state index in [1.54, 1.807) is 13.2 Å². The largest absolute Gasteiger partial charge is 0.377 e. The van der Waals surface area contributed by atoms with Gasteiger partial charge in [-0.2, -0.15) is 20.1 Å². The van der Waals surface area contributed by atoms with Gasteiger partial charge >= 0.3 is 0 Å². The number of rotatable bonds is 2. The van der Waals surface area contributed by atoms with E-state index in [0.29, 0.717) is 10.9 Å². The van der Waals surface area contributed by atoms with Crippen molar-refractivity contribution in [1.29, 1.82) is 0 Å². The lowest BCUT2D eigenvalue weighted by Crippen LogP contribution is -2.09. The Hall–Kier alpha value is -1.24.